The number of pyridine rings is 1. The number of aromatic amines is 1. The van der Waals surface area contributed by atoms with E-state index in [1.165, 1.54) is 6.07 Å². The number of alkyl halides is 3. The number of amides is 1. The second-order valence-electron chi connectivity index (χ2n) is 8.65. The highest BCUT2D eigenvalue weighted by atomic mass is 19.4. The molecule has 2 aliphatic rings. The fourth-order valence-electron chi connectivity index (χ4n) is 4.67. The van der Waals surface area contributed by atoms with Crippen LogP contribution in [-0.4, -0.2) is 64.9 Å². The van der Waals surface area contributed by atoms with E-state index in [9.17, 15) is 18.0 Å². The highest BCUT2D eigenvalue weighted by Crippen LogP contribution is 2.34. The molecule has 2 aromatic heterocycles. The molecule has 2 aliphatic heterocycles. The van der Waals surface area contributed by atoms with Crippen LogP contribution in [0, 0.1) is 0 Å². The fraction of sp³-hybridized carbons (Fsp3) is 0.435. The average Bonchev–Trinajstić information content (AvgIpc) is 3.28. The highest BCUT2D eigenvalue weighted by Gasteiger charge is 2.32. The summed E-state index contributed by atoms with van der Waals surface area (Å²) in [5.74, 6) is 0.155. The van der Waals surface area contributed by atoms with Crippen LogP contribution in [-0.2, 0) is 4.74 Å². The van der Waals surface area contributed by atoms with Gasteiger partial charge in [0, 0.05) is 44.1 Å². The topological polar surface area (TPSA) is 118 Å². The monoisotopic (exact) mass is 490 g/mol. The number of fused-ring (bicyclic) bond motifs is 1. The fourth-order valence-corrected chi connectivity index (χ4v) is 4.67. The van der Waals surface area contributed by atoms with E-state index in [4.69, 9.17) is 15.5 Å². The van der Waals surface area contributed by atoms with Crippen molar-refractivity contribution in [2.24, 2.45) is 0 Å². The van der Waals surface area contributed by atoms with Crippen LogP contribution >= 0.6 is 0 Å². The van der Waals surface area contributed by atoms with E-state index in [-0.39, 0.29) is 29.2 Å². The van der Waals surface area contributed by atoms with Gasteiger partial charge in [-0.3, -0.25) is 4.79 Å². The predicted molar refractivity (Wildman–Crippen MR) is 121 cm³/mol. The number of carbonyl (C=O) groups is 1. The number of imidazole rings is 1. The minimum absolute atomic E-state index is 0.0572. The number of hydrogen-bond donors (Lipinski definition) is 3. The zero-order valence-corrected chi connectivity index (χ0v) is 18.8. The van der Waals surface area contributed by atoms with Gasteiger partial charge >= 0.3 is 6.36 Å². The van der Waals surface area contributed by atoms with Gasteiger partial charge in [0.2, 0.25) is 0 Å². The van der Waals surface area contributed by atoms with Crippen molar-refractivity contribution in [3.63, 3.8) is 0 Å². The van der Waals surface area contributed by atoms with Crippen LogP contribution in [0.4, 0.5) is 18.9 Å². The van der Waals surface area contributed by atoms with Gasteiger partial charge in [0.1, 0.15) is 23.2 Å². The van der Waals surface area contributed by atoms with Gasteiger partial charge in [-0.1, -0.05) is 0 Å². The van der Waals surface area contributed by atoms with Crippen molar-refractivity contribution in [3.8, 4) is 5.75 Å². The molecule has 1 amide bonds. The summed E-state index contributed by atoms with van der Waals surface area (Å²) in [6.07, 6.45) is -1.80. The van der Waals surface area contributed by atoms with Crippen molar-refractivity contribution < 1.29 is 27.4 Å². The van der Waals surface area contributed by atoms with E-state index in [0.29, 0.717) is 44.7 Å². The number of hydrogen-bond acceptors (Lipinski definition) is 7. The Kier molecular flexibility index (Phi) is 6.24. The number of rotatable bonds is 4. The number of likely N-dealkylation sites (tertiary alicyclic amines) is 1. The maximum absolute atomic E-state index is 13.0. The van der Waals surface area contributed by atoms with E-state index in [1.54, 1.807) is 11.1 Å². The number of H-pyrrole nitrogens is 1. The van der Waals surface area contributed by atoms with Gasteiger partial charge in [0.05, 0.1) is 12.2 Å². The maximum Gasteiger partial charge on any atom is 0.573 e. The number of nitrogens with one attached hydrogen (secondary N) is 2. The summed E-state index contributed by atoms with van der Waals surface area (Å²) in [4.78, 5) is 27.1. The van der Waals surface area contributed by atoms with E-state index in [0.717, 1.165) is 35.6 Å². The highest BCUT2D eigenvalue weighted by molar-refractivity contribution is 5.99. The Balaban J connectivity index is 1.27. The largest absolute Gasteiger partial charge is 0.573 e. The summed E-state index contributed by atoms with van der Waals surface area (Å²) < 4.78 is 47.0. The number of nitrogen functional groups attached to an aromatic ring is 1. The molecule has 9 nitrogen and oxygen atoms in total. The molecule has 186 valence electrons. The van der Waals surface area contributed by atoms with Crippen LogP contribution in [0.15, 0.2) is 30.5 Å². The lowest BCUT2D eigenvalue weighted by molar-refractivity contribution is -0.274. The lowest BCUT2D eigenvalue weighted by Gasteiger charge is -2.32. The third kappa shape index (κ3) is 5.03. The van der Waals surface area contributed by atoms with Crippen LogP contribution in [0.2, 0.25) is 0 Å². The van der Waals surface area contributed by atoms with Crippen molar-refractivity contribution in [2.45, 2.75) is 31.2 Å². The third-order valence-corrected chi connectivity index (χ3v) is 6.38. The van der Waals surface area contributed by atoms with Gasteiger partial charge in [-0.25, -0.2) is 9.97 Å². The smallest absolute Gasteiger partial charge is 0.406 e. The molecule has 0 saturated carbocycles. The summed E-state index contributed by atoms with van der Waals surface area (Å²) in [5.41, 5.74) is 8.55. The first-order valence-corrected chi connectivity index (χ1v) is 11.4. The number of nitrogens with zero attached hydrogens (tertiary/aromatic N) is 3. The van der Waals surface area contributed by atoms with Crippen LogP contribution in [0.3, 0.4) is 0 Å². The Morgan fingerprint density at radius 2 is 2.03 bits per heavy atom. The summed E-state index contributed by atoms with van der Waals surface area (Å²) >= 11 is 0. The van der Waals surface area contributed by atoms with Crippen LogP contribution < -0.4 is 15.8 Å². The van der Waals surface area contributed by atoms with E-state index < -0.39 is 12.1 Å². The molecule has 1 aromatic carbocycles. The van der Waals surface area contributed by atoms with Crippen LogP contribution in [0.25, 0.3) is 11.2 Å². The summed E-state index contributed by atoms with van der Waals surface area (Å²) in [6, 6.07) is 5.34. The molecule has 0 radical (unpaired) electrons. The minimum Gasteiger partial charge on any atom is -0.406 e. The molecule has 0 spiro atoms. The first-order chi connectivity index (χ1) is 16.8. The number of ether oxygens (including phenoxy) is 2. The standard InChI is InChI=1S/C23H25F3N6O3/c24-23(25,26)35-14-1-2-16(17(27)11-14)22(33)32-8-4-13(5-9-32)15-3-6-29-21-19(15)30-20(31-21)18-12-28-7-10-34-18/h1-3,6,11,13,18,28H,4-5,7-10,12,27H2,(H,29,30,31)/t18-/m1/s1. The number of aromatic nitrogens is 3. The molecule has 0 bridgehead atoms. The number of carbonyl (C=O) groups excluding carboxylic acids is 1. The molecular weight excluding hydrogens is 465 g/mol. The molecule has 2 saturated heterocycles. The molecule has 2 fully saturated rings. The Hall–Kier alpha value is -3.38. The molecule has 35 heavy (non-hydrogen) atoms. The first-order valence-electron chi connectivity index (χ1n) is 11.4. The van der Waals surface area contributed by atoms with Crippen molar-refractivity contribution in [1.82, 2.24) is 25.2 Å². The third-order valence-electron chi connectivity index (χ3n) is 6.38. The summed E-state index contributed by atoms with van der Waals surface area (Å²) in [6.45, 7) is 3.09. The van der Waals surface area contributed by atoms with Crippen molar-refractivity contribution in [2.75, 3.05) is 38.5 Å². The SMILES string of the molecule is Nc1cc(OC(F)(F)F)ccc1C(=O)N1CCC(c2ccnc3[nH]c([C@H]4CNCCO4)nc23)CC1. The molecule has 0 unspecified atom stereocenters. The quantitative estimate of drug-likeness (QED) is 0.481. The summed E-state index contributed by atoms with van der Waals surface area (Å²) in [7, 11) is 0. The Morgan fingerprint density at radius 3 is 2.71 bits per heavy atom. The number of piperidine rings is 1. The Bertz CT molecular complexity index is 1220. The van der Waals surface area contributed by atoms with E-state index in [1.807, 2.05) is 6.07 Å². The van der Waals surface area contributed by atoms with Crippen LogP contribution in [0.5, 0.6) is 5.75 Å². The number of benzene rings is 1. The second-order valence-corrected chi connectivity index (χ2v) is 8.65. The first kappa shape index (κ1) is 23.4. The van der Waals surface area contributed by atoms with Gasteiger partial charge in [0.25, 0.3) is 5.91 Å². The zero-order chi connectivity index (χ0) is 24.6. The Morgan fingerprint density at radius 1 is 1.23 bits per heavy atom. The van der Waals surface area contributed by atoms with Gasteiger partial charge < -0.3 is 30.4 Å². The number of anilines is 1. The number of halogens is 3. The minimum atomic E-state index is -4.83. The van der Waals surface area contributed by atoms with Gasteiger partial charge in [-0.05, 0) is 42.5 Å². The van der Waals surface area contributed by atoms with Gasteiger partial charge in [-0.15, -0.1) is 13.2 Å². The van der Waals surface area contributed by atoms with E-state index in [2.05, 4.69) is 20.0 Å². The Labute approximate surface area is 198 Å². The van der Waals surface area contributed by atoms with E-state index >= 15 is 0 Å². The summed E-state index contributed by atoms with van der Waals surface area (Å²) in [5, 5.41) is 3.29. The van der Waals surface area contributed by atoms with Gasteiger partial charge in [-0.2, -0.15) is 0 Å². The molecule has 4 heterocycles. The molecule has 5 rings (SSSR count). The van der Waals surface area contributed by atoms with Crippen molar-refractivity contribution >= 4 is 22.8 Å². The number of nitrogens with two attached hydrogens (primary N) is 1. The lowest BCUT2D eigenvalue weighted by atomic mass is 9.89. The second kappa shape index (κ2) is 9.34. The predicted octanol–water partition coefficient (Wildman–Crippen LogP) is 3.12. The molecule has 0 aliphatic carbocycles. The molecule has 3 aromatic rings. The molecule has 4 N–H and O–H groups in total. The zero-order valence-electron chi connectivity index (χ0n) is 18.8. The normalized spacial score (nSPS) is 19.7. The molecule has 1 atom stereocenters. The van der Waals surface area contributed by atoms with Crippen molar-refractivity contribution in [3.05, 3.63) is 47.4 Å². The van der Waals surface area contributed by atoms with Crippen LogP contribution in [0.1, 0.15) is 46.6 Å². The molecular formula is C23H25F3N6O3. The maximum atomic E-state index is 13.0. The molecule has 12 heteroatoms. The van der Waals surface area contributed by atoms with Crippen molar-refractivity contribution in [1.29, 1.82) is 0 Å². The lowest BCUT2D eigenvalue weighted by Crippen LogP contribution is -2.38. The van der Waals surface area contributed by atoms with Gasteiger partial charge in [0.15, 0.2) is 5.65 Å². The average molecular weight is 490 g/mol. The number of morpholine rings is 1.